The van der Waals surface area contributed by atoms with Crippen molar-refractivity contribution in [3.63, 3.8) is 0 Å². The monoisotopic (exact) mass is 644 g/mol. The van der Waals surface area contributed by atoms with Crippen molar-refractivity contribution in [2.45, 2.75) is 64.1 Å². The van der Waals surface area contributed by atoms with Crippen molar-refractivity contribution in [1.82, 2.24) is 21.3 Å². The number of carbonyl (C=O) groups is 4. The largest absolute Gasteiger partial charge is 0.493 e. The number of amides is 4. The van der Waals surface area contributed by atoms with Crippen LogP contribution in [0.15, 0.2) is 72.8 Å². The van der Waals surface area contributed by atoms with Crippen LogP contribution in [0.1, 0.15) is 55.1 Å². The molecule has 1 aliphatic heterocycles. The second kappa shape index (κ2) is 16.5. The van der Waals surface area contributed by atoms with E-state index in [1.165, 1.54) is 0 Å². The van der Waals surface area contributed by atoms with Gasteiger partial charge in [0.1, 0.15) is 23.9 Å². The van der Waals surface area contributed by atoms with E-state index in [9.17, 15) is 19.2 Å². The third-order valence-corrected chi connectivity index (χ3v) is 7.73. The lowest BCUT2D eigenvalue weighted by Crippen LogP contribution is -2.59. The normalized spacial score (nSPS) is 18.3. The average Bonchev–Trinajstić information content (AvgIpc) is 3.05. The van der Waals surface area contributed by atoms with Gasteiger partial charge >= 0.3 is 0 Å². The van der Waals surface area contributed by atoms with Gasteiger partial charge in [0.05, 0.1) is 31.7 Å². The summed E-state index contributed by atoms with van der Waals surface area (Å²) in [5.41, 5.74) is 0.895. The molecule has 3 aromatic rings. The van der Waals surface area contributed by atoms with E-state index in [1.807, 2.05) is 55.5 Å². The van der Waals surface area contributed by atoms with E-state index >= 15 is 0 Å². The van der Waals surface area contributed by atoms with Crippen LogP contribution < -0.4 is 35.5 Å². The highest BCUT2D eigenvalue weighted by molar-refractivity contribution is 6.01. The second-order valence-electron chi connectivity index (χ2n) is 11.9. The average molecular weight is 645 g/mol. The molecule has 4 rings (SSSR count). The summed E-state index contributed by atoms with van der Waals surface area (Å²) >= 11 is 0. The summed E-state index contributed by atoms with van der Waals surface area (Å²) in [6, 6.07) is 20.4. The molecule has 0 aromatic heterocycles. The number of rotatable bonds is 10. The standard InChI is InChI=1S/C36H44N4O7/c1-5-46-30-18-17-25(21-31(30)45-4)14-11-19-37-34(43)28-22-32(41)40-36(2,3)35(44)38-26(20-24-12-7-6-8-13-24)23-47-29-16-10-9-15-27(29)33(42)39-28/h6-10,12-13,15-18,21,26,28H,5,11,14,19-20,22-23H2,1-4H3,(H,37,43)(H,38,44)(H,39,42)(H,40,41)/t26-,28+/m1/s1. The number of para-hydroxylation sites is 1. The highest BCUT2D eigenvalue weighted by Crippen LogP contribution is 2.28. The molecule has 4 N–H and O–H groups in total. The molecule has 11 heteroatoms. The molecule has 0 unspecified atom stereocenters. The molecule has 3 aromatic carbocycles. The highest BCUT2D eigenvalue weighted by Gasteiger charge is 2.34. The summed E-state index contributed by atoms with van der Waals surface area (Å²) in [7, 11) is 1.58. The van der Waals surface area contributed by atoms with Crippen LogP contribution in [0.4, 0.5) is 0 Å². The zero-order valence-corrected chi connectivity index (χ0v) is 27.4. The van der Waals surface area contributed by atoms with Crippen molar-refractivity contribution in [3.05, 3.63) is 89.5 Å². The highest BCUT2D eigenvalue weighted by atomic mass is 16.5. The van der Waals surface area contributed by atoms with Gasteiger partial charge in [0, 0.05) is 6.54 Å². The minimum atomic E-state index is -1.31. The van der Waals surface area contributed by atoms with Gasteiger partial charge in [-0.3, -0.25) is 19.2 Å². The minimum Gasteiger partial charge on any atom is -0.493 e. The van der Waals surface area contributed by atoms with Crippen molar-refractivity contribution in [3.8, 4) is 17.2 Å². The predicted octanol–water partition coefficient (Wildman–Crippen LogP) is 3.35. The molecular weight excluding hydrogens is 600 g/mol. The molecule has 47 heavy (non-hydrogen) atoms. The van der Waals surface area contributed by atoms with Gasteiger partial charge in [-0.25, -0.2) is 0 Å². The van der Waals surface area contributed by atoms with E-state index in [4.69, 9.17) is 14.2 Å². The summed E-state index contributed by atoms with van der Waals surface area (Å²) in [6.07, 6.45) is 1.35. The van der Waals surface area contributed by atoms with Crippen LogP contribution >= 0.6 is 0 Å². The molecule has 0 saturated heterocycles. The van der Waals surface area contributed by atoms with Gasteiger partial charge in [-0.1, -0.05) is 48.5 Å². The lowest BCUT2D eigenvalue weighted by atomic mass is 10.0. The molecule has 0 bridgehead atoms. The first-order valence-corrected chi connectivity index (χ1v) is 15.9. The first-order chi connectivity index (χ1) is 22.6. The molecule has 250 valence electrons. The molecule has 1 heterocycles. The van der Waals surface area contributed by atoms with Crippen LogP contribution in [0, 0.1) is 0 Å². The Kier molecular flexibility index (Phi) is 12.2. The third kappa shape index (κ3) is 9.96. The third-order valence-electron chi connectivity index (χ3n) is 7.73. The van der Waals surface area contributed by atoms with Crippen molar-refractivity contribution < 1.29 is 33.4 Å². The SMILES string of the molecule is CCOc1ccc(CCCNC(=O)[C@@H]2CC(=O)NC(C)(C)C(=O)N[C@H](Cc3ccccc3)COc3ccccc3C(=O)N2)cc1OC. The van der Waals surface area contributed by atoms with Crippen LogP contribution in [0.3, 0.4) is 0 Å². The Labute approximate surface area is 275 Å². The maximum absolute atomic E-state index is 13.5. The first kappa shape index (κ1) is 34.8. The predicted molar refractivity (Wildman–Crippen MR) is 178 cm³/mol. The molecule has 0 radical (unpaired) electrons. The topological polar surface area (TPSA) is 144 Å². The number of carbonyl (C=O) groups excluding carboxylic acids is 4. The zero-order chi connectivity index (χ0) is 33.8. The Morgan fingerprint density at radius 1 is 0.957 bits per heavy atom. The molecule has 0 fully saturated rings. The fraction of sp³-hybridized carbons (Fsp3) is 0.389. The van der Waals surface area contributed by atoms with Gasteiger partial charge in [-0.2, -0.15) is 0 Å². The number of methoxy groups -OCH3 is 1. The summed E-state index contributed by atoms with van der Waals surface area (Å²) in [5, 5.41) is 11.3. The fourth-order valence-electron chi connectivity index (χ4n) is 5.24. The maximum Gasteiger partial charge on any atom is 0.255 e. The van der Waals surface area contributed by atoms with E-state index < -0.39 is 41.3 Å². The van der Waals surface area contributed by atoms with Crippen LogP contribution in [-0.2, 0) is 27.2 Å². The Bertz CT molecular complexity index is 1540. The summed E-state index contributed by atoms with van der Waals surface area (Å²) in [4.78, 5) is 53.5. The molecule has 11 nitrogen and oxygen atoms in total. The van der Waals surface area contributed by atoms with Crippen molar-refractivity contribution in [1.29, 1.82) is 0 Å². The number of hydrogen-bond donors (Lipinski definition) is 4. The van der Waals surface area contributed by atoms with Crippen molar-refractivity contribution >= 4 is 23.6 Å². The molecule has 4 amide bonds. The number of hydrogen-bond acceptors (Lipinski definition) is 7. The van der Waals surface area contributed by atoms with Gasteiger partial charge < -0.3 is 35.5 Å². The number of aryl methyl sites for hydroxylation is 1. The van der Waals surface area contributed by atoms with Crippen molar-refractivity contribution in [2.75, 3.05) is 26.9 Å². The second-order valence-corrected chi connectivity index (χ2v) is 11.9. The minimum absolute atomic E-state index is 0.0685. The zero-order valence-electron chi connectivity index (χ0n) is 27.4. The molecule has 0 aliphatic carbocycles. The van der Waals surface area contributed by atoms with Gasteiger partial charge in [0.2, 0.25) is 17.7 Å². The molecule has 2 atom stereocenters. The Hall–Kier alpha value is -5.06. The van der Waals surface area contributed by atoms with E-state index in [2.05, 4.69) is 21.3 Å². The smallest absolute Gasteiger partial charge is 0.255 e. The van der Waals surface area contributed by atoms with Gasteiger partial charge in [0.15, 0.2) is 11.5 Å². The molecule has 0 saturated carbocycles. The summed E-state index contributed by atoms with van der Waals surface area (Å²) in [5.74, 6) is -0.458. The molecule has 1 aliphatic rings. The van der Waals surface area contributed by atoms with E-state index in [0.717, 1.165) is 11.1 Å². The number of benzene rings is 3. The van der Waals surface area contributed by atoms with Gasteiger partial charge in [-0.05, 0) is 75.4 Å². The van der Waals surface area contributed by atoms with E-state index in [0.29, 0.717) is 49.7 Å². The number of ether oxygens (including phenoxy) is 3. The van der Waals surface area contributed by atoms with Crippen LogP contribution in [0.2, 0.25) is 0 Å². The van der Waals surface area contributed by atoms with Crippen LogP contribution in [0.25, 0.3) is 0 Å². The van der Waals surface area contributed by atoms with E-state index in [1.54, 1.807) is 45.2 Å². The lowest BCUT2D eigenvalue weighted by Gasteiger charge is -2.30. The Morgan fingerprint density at radius 3 is 2.45 bits per heavy atom. The summed E-state index contributed by atoms with van der Waals surface area (Å²) < 4.78 is 17.1. The van der Waals surface area contributed by atoms with Gasteiger partial charge in [0.25, 0.3) is 5.91 Å². The molecular formula is C36H44N4O7. The maximum atomic E-state index is 13.5. The van der Waals surface area contributed by atoms with Crippen LogP contribution in [-0.4, -0.2) is 68.1 Å². The lowest BCUT2D eigenvalue weighted by molar-refractivity contribution is -0.134. The van der Waals surface area contributed by atoms with Crippen LogP contribution in [0.5, 0.6) is 17.2 Å². The summed E-state index contributed by atoms with van der Waals surface area (Å²) in [6.45, 7) is 5.98. The quantitative estimate of drug-likeness (QED) is 0.248. The fourth-order valence-corrected chi connectivity index (χ4v) is 5.24. The molecule has 0 spiro atoms. The number of nitrogens with one attached hydrogen (secondary N) is 4. The Morgan fingerprint density at radius 2 is 1.70 bits per heavy atom. The van der Waals surface area contributed by atoms with E-state index in [-0.39, 0.29) is 18.6 Å². The number of fused-ring (bicyclic) bond motifs is 1. The first-order valence-electron chi connectivity index (χ1n) is 15.9. The Balaban J connectivity index is 1.48. The van der Waals surface area contributed by atoms with Gasteiger partial charge in [-0.15, -0.1) is 0 Å². The van der Waals surface area contributed by atoms with Crippen molar-refractivity contribution in [2.24, 2.45) is 0 Å².